The van der Waals surface area contributed by atoms with Crippen molar-refractivity contribution in [2.75, 3.05) is 5.32 Å². The zero-order valence-corrected chi connectivity index (χ0v) is 19.6. The molecule has 0 aliphatic rings. The summed E-state index contributed by atoms with van der Waals surface area (Å²) in [5, 5.41) is 18.9. The zero-order chi connectivity index (χ0) is 25.6. The smallest absolute Gasteiger partial charge is 0.425 e. The number of hydrogen-bond acceptors (Lipinski definition) is 5. The summed E-state index contributed by atoms with van der Waals surface area (Å²) in [4.78, 5) is 17.1. The number of anilines is 1. The number of carbonyl (C=O) groups is 1. The molecule has 34 heavy (non-hydrogen) atoms. The van der Waals surface area contributed by atoms with E-state index in [1.165, 1.54) is 31.5 Å². The number of amides is 1. The Labute approximate surface area is 196 Å². The van der Waals surface area contributed by atoms with Crippen LogP contribution in [0.5, 0.6) is 5.75 Å². The topological polar surface area (TPSA) is 105 Å². The minimum absolute atomic E-state index is 0.0123. The van der Waals surface area contributed by atoms with Crippen molar-refractivity contribution in [1.82, 2.24) is 19.7 Å². The Morgan fingerprint density at radius 2 is 1.97 bits per heavy atom. The van der Waals surface area contributed by atoms with Gasteiger partial charge in [-0.2, -0.15) is 18.3 Å². The number of aryl methyl sites for hydroxylation is 2. The molecule has 0 unspecified atom stereocenters. The van der Waals surface area contributed by atoms with Crippen molar-refractivity contribution >= 4 is 23.2 Å². The maximum Gasteiger partial charge on any atom is 0.425 e. The predicted octanol–water partition coefficient (Wildman–Crippen LogP) is 4.72. The molecule has 8 nitrogen and oxygen atoms in total. The molecule has 3 N–H and O–H groups in total. The van der Waals surface area contributed by atoms with Gasteiger partial charge in [0.25, 0.3) is 5.91 Å². The fourth-order valence-corrected chi connectivity index (χ4v) is 3.40. The molecule has 0 aliphatic heterocycles. The van der Waals surface area contributed by atoms with Crippen molar-refractivity contribution in [3.63, 3.8) is 0 Å². The Morgan fingerprint density at radius 1 is 1.32 bits per heavy atom. The highest BCUT2D eigenvalue weighted by atomic mass is 35.5. The number of nitrogens with one attached hydrogen (secondary N) is 2. The number of ether oxygens (including phenoxy) is 1. The third-order valence-corrected chi connectivity index (χ3v) is 5.19. The first-order chi connectivity index (χ1) is 15.6. The average molecular weight is 504 g/mol. The molecule has 3 rings (SSSR count). The molecule has 0 saturated carbocycles. The first kappa shape index (κ1) is 25.5. The number of halogens is 5. The largest absolute Gasteiger partial charge is 0.480 e. The molecule has 0 spiro atoms. The number of imidazole rings is 1. The van der Waals surface area contributed by atoms with E-state index in [0.717, 1.165) is 19.1 Å². The normalized spacial score (nSPS) is 13.1. The summed E-state index contributed by atoms with van der Waals surface area (Å²) in [5.74, 6) is -2.22. The Kier molecular flexibility index (Phi) is 6.68. The van der Waals surface area contributed by atoms with Crippen LogP contribution in [0, 0.1) is 12.7 Å². The van der Waals surface area contributed by atoms with Crippen LogP contribution in [0.3, 0.4) is 0 Å². The van der Waals surface area contributed by atoms with E-state index in [9.17, 15) is 23.1 Å². The van der Waals surface area contributed by atoms with Gasteiger partial charge in [0, 0.05) is 18.8 Å². The second-order valence-electron chi connectivity index (χ2n) is 8.20. The van der Waals surface area contributed by atoms with Crippen molar-refractivity contribution in [3.05, 3.63) is 46.4 Å². The number of nitrogens with zero attached hydrogens (tertiary/aromatic N) is 3. The van der Waals surface area contributed by atoms with Gasteiger partial charge in [0.1, 0.15) is 33.8 Å². The fraction of sp³-hybridized carbons (Fsp3) is 0.381. The highest BCUT2D eigenvalue weighted by Crippen LogP contribution is 2.35. The summed E-state index contributed by atoms with van der Waals surface area (Å²) >= 11 is 5.93. The quantitative estimate of drug-likeness (QED) is 0.422. The molecule has 0 saturated heterocycles. The van der Waals surface area contributed by atoms with Crippen molar-refractivity contribution in [2.24, 2.45) is 7.05 Å². The first-order valence-corrected chi connectivity index (χ1v) is 10.3. The van der Waals surface area contributed by atoms with Crippen LogP contribution in [0.25, 0.3) is 11.3 Å². The lowest BCUT2D eigenvalue weighted by Crippen LogP contribution is -2.32. The van der Waals surface area contributed by atoms with E-state index in [0.29, 0.717) is 5.69 Å². The third-order valence-electron chi connectivity index (χ3n) is 4.92. The zero-order valence-electron chi connectivity index (χ0n) is 18.8. The van der Waals surface area contributed by atoms with Crippen LogP contribution in [-0.4, -0.2) is 43.0 Å². The second-order valence-corrected chi connectivity index (χ2v) is 8.58. The van der Waals surface area contributed by atoms with Gasteiger partial charge in [-0.3, -0.25) is 9.89 Å². The van der Waals surface area contributed by atoms with Crippen LogP contribution in [0.1, 0.15) is 42.6 Å². The third kappa shape index (κ3) is 5.17. The van der Waals surface area contributed by atoms with Gasteiger partial charge < -0.3 is 19.7 Å². The summed E-state index contributed by atoms with van der Waals surface area (Å²) in [6, 6.07) is 1.72. The number of hydrogen-bond donors (Lipinski definition) is 3. The number of aromatic amines is 1. The van der Waals surface area contributed by atoms with Crippen LogP contribution in [-0.2, 0) is 12.6 Å². The van der Waals surface area contributed by atoms with E-state index in [1.54, 1.807) is 7.05 Å². The van der Waals surface area contributed by atoms with Gasteiger partial charge in [-0.1, -0.05) is 11.6 Å². The predicted molar refractivity (Wildman–Crippen MR) is 116 cm³/mol. The number of aromatic nitrogens is 4. The molecule has 0 fully saturated rings. The lowest BCUT2D eigenvalue weighted by molar-refractivity contribution is -0.189. The molecular weight excluding hydrogens is 482 g/mol. The van der Waals surface area contributed by atoms with Crippen LogP contribution >= 0.6 is 11.6 Å². The molecule has 13 heteroatoms. The molecule has 3 aromatic rings. The van der Waals surface area contributed by atoms with Gasteiger partial charge in [0.2, 0.25) is 0 Å². The molecule has 0 bridgehead atoms. The van der Waals surface area contributed by atoms with E-state index < -0.39 is 40.9 Å². The summed E-state index contributed by atoms with van der Waals surface area (Å²) < 4.78 is 61.2. The lowest BCUT2D eigenvalue weighted by Gasteiger charge is -2.20. The summed E-state index contributed by atoms with van der Waals surface area (Å²) in [6.45, 7) is 5.25. The molecular formula is C21H22ClF4N5O3. The van der Waals surface area contributed by atoms with Crippen molar-refractivity contribution in [1.29, 1.82) is 0 Å². The van der Waals surface area contributed by atoms with Gasteiger partial charge in [-0.25, -0.2) is 9.37 Å². The first-order valence-electron chi connectivity index (χ1n) is 9.95. The van der Waals surface area contributed by atoms with Crippen LogP contribution in [0.2, 0.25) is 5.15 Å². The molecule has 0 radical (unpaired) electrons. The molecule has 1 aromatic carbocycles. The van der Waals surface area contributed by atoms with Crippen molar-refractivity contribution in [3.8, 4) is 17.0 Å². The van der Waals surface area contributed by atoms with Crippen molar-refractivity contribution in [2.45, 2.75) is 45.6 Å². The van der Waals surface area contributed by atoms with E-state index in [1.807, 2.05) is 0 Å². The van der Waals surface area contributed by atoms with E-state index in [4.69, 9.17) is 16.3 Å². The summed E-state index contributed by atoms with van der Waals surface area (Å²) in [5.41, 5.74) is -1.64. The number of rotatable bonds is 6. The van der Waals surface area contributed by atoms with Gasteiger partial charge in [-0.15, -0.1) is 0 Å². The molecule has 0 aliphatic carbocycles. The molecule has 2 heterocycles. The Bertz CT molecular complexity index is 1210. The number of benzene rings is 1. The van der Waals surface area contributed by atoms with Crippen LogP contribution in [0.15, 0.2) is 18.3 Å². The molecule has 1 amide bonds. The number of alkyl halides is 3. The number of aliphatic hydroxyl groups is 1. The highest BCUT2D eigenvalue weighted by molar-refractivity contribution is 6.33. The minimum Gasteiger partial charge on any atom is -0.480 e. The summed E-state index contributed by atoms with van der Waals surface area (Å²) in [7, 11) is 1.57. The molecule has 1 atom stereocenters. The number of H-pyrrole nitrogens is 1. The SMILES string of the molecule is Cc1n[nH]c(Cl)c1NC(=O)c1cc(F)c(-c2cn(C)c(C(C)(C)O)n2)cc1O[C@@H](C)C(F)(F)F. The highest BCUT2D eigenvalue weighted by Gasteiger charge is 2.39. The van der Waals surface area contributed by atoms with E-state index in [-0.39, 0.29) is 27.9 Å². The van der Waals surface area contributed by atoms with Gasteiger partial charge in [0.15, 0.2) is 6.10 Å². The Morgan fingerprint density at radius 3 is 2.47 bits per heavy atom. The van der Waals surface area contributed by atoms with Gasteiger partial charge in [-0.05, 0) is 39.8 Å². The molecule has 2 aromatic heterocycles. The van der Waals surface area contributed by atoms with E-state index in [2.05, 4.69) is 20.5 Å². The van der Waals surface area contributed by atoms with Crippen LogP contribution < -0.4 is 10.1 Å². The second kappa shape index (κ2) is 8.91. The molecule has 184 valence electrons. The lowest BCUT2D eigenvalue weighted by atomic mass is 10.1. The Balaban J connectivity index is 2.11. The van der Waals surface area contributed by atoms with Crippen LogP contribution in [0.4, 0.5) is 23.2 Å². The monoisotopic (exact) mass is 503 g/mol. The van der Waals surface area contributed by atoms with Gasteiger partial charge in [0.05, 0.1) is 17.0 Å². The maximum absolute atomic E-state index is 15.1. The van der Waals surface area contributed by atoms with Gasteiger partial charge >= 0.3 is 6.18 Å². The standard InChI is InChI=1S/C21H22ClF4N5O3/c1-9-16(17(22)30-29-9)28-18(32)12-6-13(23)11(7-15(12)34-10(2)21(24,25)26)14-8-31(5)19(27-14)20(3,4)33/h6-8,10,33H,1-5H3,(H,28,32)(H,29,30)/t10-/m0/s1. The van der Waals surface area contributed by atoms with E-state index >= 15 is 4.39 Å². The summed E-state index contributed by atoms with van der Waals surface area (Å²) in [6.07, 6.45) is -5.64. The minimum atomic E-state index is -4.74. The fourth-order valence-electron chi connectivity index (χ4n) is 3.18. The average Bonchev–Trinajstić information content (AvgIpc) is 3.25. The Hall–Kier alpha value is -3.12. The van der Waals surface area contributed by atoms with Crippen molar-refractivity contribution < 1.29 is 32.2 Å². The maximum atomic E-state index is 15.1. The number of carbonyl (C=O) groups excluding carboxylic acids is 1.